The van der Waals surface area contributed by atoms with E-state index in [1.54, 1.807) is 13.3 Å². The quantitative estimate of drug-likeness (QED) is 0.572. The molecule has 0 aliphatic carbocycles. The van der Waals surface area contributed by atoms with Crippen LogP contribution in [0.1, 0.15) is 22.7 Å². The lowest BCUT2D eigenvalue weighted by molar-refractivity contribution is 0.411. The lowest BCUT2D eigenvalue weighted by atomic mass is 9.98. The number of hydrazine groups is 1. The summed E-state index contributed by atoms with van der Waals surface area (Å²) in [6.07, 6.45) is 1.66. The highest BCUT2D eigenvalue weighted by molar-refractivity contribution is 5.47. The number of hydrogen-bond donors (Lipinski definition) is 3. The van der Waals surface area contributed by atoms with E-state index in [1.165, 1.54) is 0 Å². The molecule has 0 spiro atoms. The highest BCUT2D eigenvalue weighted by atomic mass is 16.5. The Labute approximate surface area is 112 Å². The van der Waals surface area contributed by atoms with E-state index in [4.69, 9.17) is 16.3 Å². The van der Waals surface area contributed by atoms with Gasteiger partial charge in [-0.05, 0) is 30.2 Å². The van der Waals surface area contributed by atoms with Crippen molar-refractivity contribution in [2.24, 2.45) is 5.84 Å². The van der Waals surface area contributed by atoms with Crippen LogP contribution in [-0.4, -0.2) is 12.1 Å². The molecule has 1 unspecified atom stereocenters. The summed E-state index contributed by atoms with van der Waals surface area (Å²) in [5.74, 6) is 6.98. The Balaban J connectivity index is 2.43. The first kappa shape index (κ1) is 13.3. The molecular formula is C14H18N4O. The largest absolute Gasteiger partial charge is 0.496 e. The fraction of sp³-hybridized carbons (Fsp3) is 0.214. The third-order valence-electron chi connectivity index (χ3n) is 3.10. The van der Waals surface area contributed by atoms with Gasteiger partial charge in [-0.15, -0.1) is 0 Å². The Bertz CT molecular complexity index is 571. The second-order valence-electron chi connectivity index (χ2n) is 4.31. The minimum atomic E-state index is -0.196. The van der Waals surface area contributed by atoms with Gasteiger partial charge in [0.2, 0.25) is 0 Å². The van der Waals surface area contributed by atoms with Crippen LogP contribution in [0.5, 0.6) is 5.75 Å². The predicted octanol–water partition coefficient (Wildman–Crippen LogP) is 1.53. The van der Waals surface area contributed by atoms with Crippen molar-refractivity contribution >= 4 is 5.82 Å². The minimum absolute atomic E-state index is 0.196. The molecule has 2 rings (SSSR count). The van der Waals surface area contributed by atoms with Crippen LogP contribution in [0.25, 0.3) is 0 Å². The van der Waals surface area contributed by atoms with Crippen molar-refractivity contribution in [1.29, 1.82) is 0 Å². The normalized spacial score (nSPS) is 12.2. The molecule has 0 saturated heterocycles. The Morgan fingerprint density at radius 1 is 1.32 bits per heavy atom. The Morgan fingerprint density at radius 3 is 2.68 bits per heavy atom. The maximum Gasteiger partial charge on any atom is 0.128 e. The van der Waals surface area contributed by atoms with Crippen LogP contribution in [0.3, 0.4) is 0 Å². The van der Waals surface area contributed by atoms with Crippen LogP contribution in [0.4, 0.5) is 5.82 Å². The van der Waals surface area contributed by atoms with Gasteiger partial charge in [0.15, 0.2) is 0 Å². The van der Waals surface area contributed by atoms with Crippen molar-refractivity contribution in [3.05, 3.63) is 53.2 Å². The lowest BCUT2D eigenvalue weighted by Gasteiger charge is -2.19. The monoisotopic (exact) mass is 258 g/mol. The van der Waals surface area contributed by atoms with Crippen LogP contribution in [0.2, 0.25) is 0 Å². The van der Waals surface area contributed by atoms with Crippen molar-refractivity contribution in [3.8, 4) is 5.75 Å². The topological polar surface area (TPSA) is 86.2 Å². The molecule has 0 bridgehead atoms. The number of benzene rings is 1. The molecule has 1 aromatic carbocycles. The van der Waals surface area contributed by atoms with Gasteiger partial charge < -0.3 is 10.5 Å². The third-order valence-corrected chi connectivity index (χ3v) is 3.10. The molecule has 0 fully saturated rings. The van der Waals surface area contributed by atoms with Crippen LogP contribution in [-0.2, 0) is 0 Å². The molecule has 1 atom stereocenters. The first-order valence-electron chi connectivity index (χ1n) is 5.98. The smallest absolute Gasteiger partial charge is 0.128 e. The molecule has 5 nitrogen and oxygen atoms in total. The van der Waals surface area contributed by atoms with Crippen molar-refractivity contribution in [3.63, 3.8) is 0 Å². The van der Waals surface area contributed by atoms with Crippen molar-refractivity contribution < 1.29 is 4.74 Å². The van der Waals surface area contributed by atoms with Crippen LogP contribution >= 0.6 is 0 Å². The fourth-order valence-electron chi connectivity index (χ4n) is 2.12. The zero-order chi connectivity index (χ0) is 13.8. The summed E-state index contributed by atoms with van der Waals surface area (Å²) in [6.45, 7) is 1.99. The number of pyridine rings is 1. The van der Waals surface area contributed by atoms with Gasteiger partial charge in [0.05, 0.1) is 13.2 Å². The molecule has 0 amide bonds. The maximum absolute atomic E-state index is 5.90. The number of nitrogens with one attached hydrogen (secondary N) is 1. The number of anilines is 1. The summed E-state index contributed by atoms with van der Waals surface area (Å²) in [7, 11) is 1.65. The lowest BCUT2D eigenvalue weighted by Crippen LogP contribution is -2.29. The average Bonchev–Trinajstić information content (AvgIpc) is 2.42. The van der Waals surface area contributed by atoms with Crippen molar-refractivity contribution in [2.45, 2.75) is 13.0 Å². The average molecular weight is 258 g/mol. The van der Waals surface area contributed by atoms with E-state index in [9.17, 15) is 0 Å². The summed E-state index contributed by atoms with van der Waals surface area (Å²) in [5, 5.41) is 0. The Morgan fingerprint density at radius 2 is 2.11 bits per heavy atom. The number of rotatable bonds is 4. The summed E-state index contributed by atoms with van der Waals surface area (Å²) in [5.41, 5.74) is 11.6. The molecule has 0 radical (unpaired) electrons. The number of aromatic nitrogens is 1. The van der Waals surface area contributed by atoms with Crippen LogP contribution < -0.4 is 21.7 Å². The Hall–Kier alpha value is -2.11. The molecule has 1 heterocycles. The second kappa shape index (κ2) is 5.69. The number of nitrogens with two attached hydrogens (primary N) is 2. The van der Waals surface area contributed by atoms with Crippen molar-refractivity contribution in [1.82, 2.24) is 10.4 Å². The highest BCUT2D eigenvalue weighted by Crippen LogP contribution is 2.28. The zero-order valence-electron chi connectivity index (χ0n) is 11.1. The van der Waals surface area contributed by atoms with E-state index in [-0.39, 0.29) is 6.04 Å². The van der Waals surface area contributed by atoms with E-state index in [1.807, 2.05) is 37.3 Å². The molecule has 0 aliphatic heterocycles. The van der Waals surface area contributed by atoms with Gasteiger partial charge in [-0.1, -0.05) is 18.2 Å². The third kappa shape index (κ3) is 2.67. The van der Waals surface area contributed by atoms with Gasteiger partial charge in [-0.25, -0.2) is 10.4 Å². The minimum Gasteiger partial charge on any atom is -0.496 e. The summed E-state index contributed by atoms with van der Waals surface area (Å²) >= 11 is 0. The number of nitrogens with zero attached hydrogens (tertiary/aromatic N) is 1. The summed E-state index contributed by atoms with van der Waals surface area (Å²) < 4.78 is 5.25. The first-order chi connectivity index (χ1) is 9.17. The van der Waals surface area contributed by atoms with Crippen LogP contribution in [0, 0.1) is 6.92 Å². The van der Waals surface area contributed by atoms with Crippen LogP contribution in [0.15, 0.2) is 36.5 Å². The second-order valence-corrected chi connectivity index (χ2v) is 4.31. The van der Waals surface area contributed by atoms with E-state index in [0.29, 0.717) is 5.82 Å². The van der Waals surface area contributed by atoms with E-state index in [2.05, 4.69) is 10.4 Å². The highest BCUT2D eigenvalue weighted by Gasteiger charge is 2.16. The molecule has 5 N–H and O–H groups in total. The van der Waals surface area contributed by atoms with E-state index in [0.717, 1.165) is 22.4 Å². The maximum atomic E-state index is 5.90. The van der Waals surface area contributed by atoms with Gasteiger partial charge in [0.25, 0.3) is 0 Å². The molecule has 0 aliphatic rings. The molecule has 100 valence electrons. The SMILES string of the molecule is COc1ccc(C(NN)c2cccnc2N)cc1C. The standard InChI is InChI=1S/C14H18N4O/c1-9-8-10(5-6-12(9)19-2)13(18-16)11-4-3-7-17-14(11)15/h3-8,13,18H,16H2,1-2H3,(H2,15,17). The van der Waals surface area contributed by atoms with Gasteiger partial charge in [-0.3, -0.25) is 5.84 Å². The number of nitrogen functional groups attached to an aromatic ring is 1. The van der Waals surface area contributed by atoms with Gasteiger partial charge in [0, 0.05) is 11.8 Å². The zero-order valence-corrected chi connectivity index (χ0v) is 11.1. The summed E-state index contributed by atoms with van der Waals surface area (Å²) in [4.78, 5) is 4.09. The predicted molar refractivity (Wildman–Crippen MR) is 75.5 cm³/mol. The molecule has 2 aromatic rings. The number of ether oxygens (including phenoxy) is 1. The van der Waals surface area contributed by atoms with Gasteiger partial charge in [-0.2, -0.15) is 0 Å². The molecule has 19 heavy (non-hydrogen) atoms. The molecular weight excluding hydrogens is 240 g/mol. The number of methoxy groups -OCH3 is 1. The fourth-order valence-corrected chi connectivity index (χ4v) is 2.12. The molecule has 1 aromatic heterocycles. The first-order valence-corrected chi connectivity index (χ1v) is 5.98. The van der Waals surface area contributed by atoms with Gasteiger partial charge in [0.1, 0.15) is 11.6 Å². The molecule has 5 heteroatoms. The van der Waals surface area contributed by atoms with Gasteiger partial charge >= 0.3 is 0 Å². The van der Waals surface area contributed by atoms with E-state index < -0.39 is 0 Å². The van der Waals surface area contributed by atoms with E-state index >= 15 is 0 Å². The van der Waals surface area contributed by atoms with Crippen molar-refractivity contribution in [2.75, 3.05) is 12.8 Å². The Kier molecular flexibility index (Phi) is 3.99. The number of hydrogen-bond acceptors (Lipinski definition) is 5. The molecule has 0 saturated carbocycles. The summed E-state index contributed by atoms with van der Waals surface area (Å²) in [6, 6.07) is 9.46. The number of aryl methyl sites for hydroxylation is 1.